The first-order valence-electron chi connectivity index (χ1n) is 10.1. The molecule has 1 aliphatic rings. The number of hydrogen-bond acceptors (Lipinski definition) is 5. The van der Waals surface area contributed by atoms with Gasteiger partial charge in [0.2, 0.25) is 0 Å². The topological polar surface area (TPSA) is 80.2 Å². The molecule has 1 aromatic carbocycles. The molecule has 2 rings (SSSR count). The summed E-state index contributed by atoms with van der Waals surface area (Å²) in [4.78, 5) is 40.8. The average molecular weight is 423 g/mol. The van der Waals surface area contributed by atoms with Gasteiger partial charge in [0, 0.05) is 18.0 Å². The van der Waals surface area contributed by atoms with E-state index in [0.29, 0.717) is 32.5 Å². The third kappa shape index (κ3) is 6.47. The Kier molecular flexibility index (Phi) is 8.98. The summed E-state index contributed by atoms with van der Waals surface area (Å²) in [5.41, 5.74) is 0.790. The molecule has 160 valence electrons. The third-order valence-corrected chi connectivity index (χ3v) is 6.15. The summed E-state index contributed by atoms with van der Waals surface area (Å²) in [6.07, 6.45) is 3.22. The highest BCUT2D eigenvalue weighted by Crippen LogP contribution is 2.24. The number of ether oxygens (including phenoxy) is 1. The number of benzene rings is 1. The number of carbonyl (C=O) groups is 3. The molecule has 1 aliphatic heterocycles. The van der Waals surface area contributed by atoms with Crippen LogP contribution in [0.4, 0.5) is 5.69 Å². The number of carbonyl (C=O) groups excluding carboxylic acids is 3. The zero-order valence-electron chi connectivity index (χ0n) is 17.7. The predicted molar refractivity (Wildman–Crippen MR) is 114 cm³/mol. The van der Waals surface area contributed by atoms with E-state index in [9.17, 15) is 14.4 Å². The molecule has 0 saturated carbocycles. The number of piperidine rings is 1. The van der Waals surface area contributed by atoms with Gasteiger partial charge in [-0.2, -0.15) is 0 Å². The number of thioether (sulfide) groups is 1. The molecule has 0 spiro atoms. The van der Waals surface area contributed by atoms with Crippen LogP contribution in [0.2, 0.25) is 0 Å². The van der Waals surface area contributed by atoms with Gasteiger partial charge >= 0.3 is 5.97 Å². The zero-order chi connectivity index (χ0) is 21.4. The van der Waals surface area contributed by atoms with Gasteiger partial charge in [0.05, 0.1) is 25.3 Å². The summed E-state index contributed by atoms with van der Waals surface area (Å²) < 4.78 is 5.08. The van der Waals surface area contributed by atoms with Crippen LogP contribution >= 0.6 is 11.8 Å². The Morgan fingerprint density at radius 1 is 1.28 bits per heavy atom. The lowest BCUT2D eigenvalue weighted by Crippen LogP contribution is -3.15. The van der Waals surface area contributed by atoms with Crippen LogP contribution in [0, 0.1) is 5.92 Å². The molecule has 1 fully saturated rings. The van der Waals surface area contributed by atoms with Gasteiger partial charge in [-0.05, 0) is 45.1 Å². The fraction of sp³-hybridized carbons (Fsp3) is 0.571. The fourth-order valence-electron chi connectivity index (χ4n) is 3.43. The van der Waals surface area contributed by atoms with E-state index in [4.69, 9.17) is 4.74 Å². The van der Waals surface area contributed by atoms with Crippen molar-refractivity contribution in [2.75, 3.05) is 44.9 Å². The van der Waals surface area contributed by atoms with E-state index in [2.05, 4.69) is 5.32 Å². The van der Waals surface area contributed by atoms with Crippen molar-refractivity contribution in [3.8, 4) is 0 Å². The van der Waals surface area contributed by atoms with Crippen LogP contribution in [0.25, 0.3) is 0 Å². The molecule has 0 bridgehead atoms. The maximum Gasteiger partial charge on any atom is 0.309 e. The number of likely N-dealkylation sites (N-methyl/N-ethyl adjacent to an activating group) is 1. The second kappa shape index (κ2) is 11.2. The van der Waals surface area contributed by atoms with Gasteiger partial charge in [-0.3, -0.25) is 14.4 Å². The van der Waals surface area contributed by atoms with Crippen molar-refractivity contribution < 1.29 is 24.0 Å². The average Bonchev–Trinajstić information content (AvgIpc) is 2.73. The second-order valence-corrected chi connectivity index (χ2v) is 8.19. The van der Waals surface area contributed by atoms with Crippen molar-refractivity contribution in [3.63, 3.8) is 0 Å². The molecule has 29 heavy (non-hydrogen) atoms. The Bertz CT molecular complexity index is 720. The van der Waals surface area contributed by atoms with Crippen LogP contribution in [0.3, 0.4) is 0 Å². The van der Waals surface area contributed by atoms with Gasteiger partial charge in [-0.25, -0.2) is 0 Å². The summed E-state index contributed by atoms with van der Waals surface area (Å²) in [5.74, 6) is -0.397. The van der Waals surface area contributed by atoms with Crippen LogP contribution in [0.5, 0.6) is 0 Å². The van der Waals surface area contributed by atoms with E-state index >= 15 is 0 Å². The summed E-state index contributed by atoms with van der Waals surface area (Å²) in [6, 6.07) is 7.32. The quantitative estimate of drug-likeness (QED) is 0.484. The van der Waals surface area contributed by atoms with Crippen molar-refractivity contribution in [2.45, 2.75) is 37.6 Å². The molecule has 2 amide bonds. The Hall–Kier alpha value is -2.06. The molecule has 1 unspecified atom stereocenters. The molecule has 2 N–H and O–H groups in total. The molecule has 1 aromatic rings. The van der Waals surface area contributed by atoms with Crippen LogP contribution in [0.1, 0.15) is 26.7 Å². The minimum Gasteiger partial charge on any atom is -0.466 e. The van der Waals surface area contributed by atoms with Gasteiger partial charge in [-0.1, -0.05) is 12.1 Å². The number of anilines is 1. The first kappa shape index (κ1) is 23.2. The van der Waals surface area contributed by atoms with Gasteiger partial charge in [0.1, 0.15) is 0 Å². The van der Waals surface area contributed by atoms with E-state index in [1.165, 1.54) is 0 Å². The highest BCUT2D eigenvalue weighted by atomic mass is 32.2. The van der Waals surface area contributed by atoms with Gasteiger partial charge in [-0.15, -0.1) is 11.8 Å². The Morgan fingerprint density at radius 2 is 1.93 bits per heavy atom. The molecular weight excluding hydrogens is 390 g/mol. The molecule has 8 heteroatoms. The van der Waals surface area contributed by atoms with Crippen LogP contribution in [-0.4, -0.2) is 68.3 Å². The van der Waals surface area contributed by atoms with Crippen molar-refractivity contribution >= 4 is 35.2 Å². The Labute approximate surface area is 177 Å². The standard InChI is InChI=1S/C21H31N3O4S/c1-5-28-21(27)16-10-12-24(13-11-16)20(26)15(2)23(3)14-19(25)22-17-8-6-7-9-18(17)29-4/h6-9,15-16H,5,10-14H2,1-4H3,(H,22,25)/p+1/t15-/m0/s1. The van der Waals surface area contributed by atoms with E-state index < -0.39 is 0 Å². The minimum atomic E-state index is -0.337. The summed E-state index contributed by atoms with van der Waals surface area (Å²) in [7, 11) is 1.86. The largest absolute Gasteiger partial charge is 0.466 e. The molecule has 2 atom stereocenters. The Morgan fingerprint density at radius 3 is 2.55 bits per heavy atom. The lowest BCUT2D eigenvalue weighted by Gasteiger charge is -2.33. The smallest absolute Gasteiger partial charge is 0.309 e. The zero-order valence-corrected chi connectivity index (χ0v) is 18.5. The highest BCUT2D eigenvalue weighted by molar-refractivity contribution is 7.98. The van der Waals surface area contributed by atoms with E-state index in [0.717, 1.165) is 15.5 Å². The number of para-hydroxylation sites is 1. The highest BCUT2D eigenvalue weighted by Gasteiger charge is 2.33. The number of likely N-dealkylation sites (tertiary alicyclic amines) is 1. The monoisotopic (exact) mass is 422 g/mol. The summed E-state index contributed by atoms with van der Waals surface area (Å²) in [5, 5.41) is 2.94. The number of quaternary nitrogens is 1. The molecule has 0 radical (unpaired) electrons. The number of esters is 1. The first-order valence-corrected chi connectivity index (χ1v) is 11.3. The second-order valence-electron chi connectivity index (χ2n) is 7.34. The van der Waals surface area contributed by atoms with Crippen LogP contribution in [-0.2, 0) is 19.1 Å². The maximum atomic E-state index is 12.8. The normalized spacial score (nSPS) is 16.8. The van der Waals surface area contributed by atoms with E-state index in [1.807, 2.05) is 44.5 Å². The first-order chi connectivity index (χ1) is 13.9. The maximum absolute atomic E-state index is 12.8. The number of nitrogens with zero attached hydrogens (tertiary/aromatic N) is 1. The minimum absolute atomic E-state index is 0.0159. The number of amides is 2. The van der Waals surface area contributed by atoms with Crippen molar-refractivity contribution in [1.82, 2.24) is 4.90 Å². The Balaban J connectivity index is 1.84. The van der Waals surface area contributed by atoms with Crippen molar-refractivity contribution in [1.29, 1.82) is 0 Å². The molecule has 0 aliphatic carbocycles. The molecule has 7 nitrogen and oxygen atoms in total. The van der Waals surface area contributed by atoms with Crippen LogP contribution in [0.15, 0.2) is 29.2 Å². The third-order valence-electron chi connectivity index (χ3n) is 5.36. The lowest BCUT2D eigenvalue weighted by atomic mass is 9.96. The predicted octanol–water partition coefficient (Wildman–Crippen LogP) is 1.05. The van der Waals surface area contributed by atoms with Gasteiger partial charge in [0.15, 0.2) is 12.6 Å². The molecule has 1 saturated heterocycles. The SMILES string of the molecule is CCOC(=O)C1CCN(C(=O)[C@H](C)[NH+](C)CC(=O)Nc2ccccc2SC)CC1. The number of rotatable bonds is 8. The van der Waals surface area contributed by atoms with Gasteiger partial charge < -0.3 is 19.9 Å². The molecule has 0 aromatic heterocycles. The molecular formula is C21H32N3O4S+. The number of hydrogen-bond donors (Lipinski definition) is 2. The molecule has 1 heterocycles. The van der Waals surface area contributed by atoms with Crippen molar-refractivity contribution in [2.24, 2.45) is 5.92 Å². The van der Waals surface area contributed by atoms with E-state index in [1.54, 1.807) is 23.6 Å². The fourth-order valence-corrected chi connectivity index (χ4v) is 3.98. The van der Waals surface area contributed by atoms with Crippen molar-refractivity contribution in [3.05, 3.63) is 24.3 Å². The van der Waals surface area contributed by atoms with Gasteiger partial charge in [0.25, 0.3) is 11.8 Å². The summed E-state index contributed by atoms with van der Waals surface area (Å²) in [6.45, 7) is 5.33. The summed E-state index contributed by atoms with van der Waals surface area (Å²) >= 11 is 1.58. The number of nitrogens with one attached hydrogen (secondary N) is 2. The lowest BCUT2D eigenvalue weighted by molar-refractivity contribution is -0.886. The van der Waals surface area contributed by atoms with Crippen LogP contribution < -0.4 is 10.2 Å². The van der Waals surface area contributed by atoms with E-state index in [-0.39, 0.29) is 36.3 Å².